The van der Waals surface area contributed by atoms with Gasteiger partial charge in [0.15, 0.2) is 6.10 Å². The van der Waals surface area contributed by atoms with E-state index in [4.69, 9.17) is 14.2 Å². The number of ether oxygens (including phenoxy) is 3. The van der Waals surface area contributed by atoms with E-state index in [1.807, 2.05) is 0 Å². The van der Waals surface area contributed by atoms with E-state index in [1.54, 1.807) is 0 Å². The number of esters is 3. The normalized spacial score (nSPS) is 12.4. The minimum absolute atomic E-state index is 0.0740. The van der Waals surface area contributed by atoms with Crippen LogP contribution in [-0.2, 0) is 28.6 Å². The fourth-order valence-electron chi connectivity index (χ4n) is 9.89. The molecular formula is C71H128O6. The maximum absolute atomic E-state index is 12.9. The van der Waals surface area contributed by atoms with Gasteiger partial charge >= 0.3 is 17.9 Å². The second-order valence-corrected chi connectivity index (χ2v) is 22.7. The van der Waals surface area contributed by atoms with Crippen LogP contribution in [0.15, 0.2) is 60.8 Å². The van der Waals surface area contributed by atoms with Crippen molar-refractivity contribution < 1.29 is 28.6 Å². The highest BCUT2D eigenvalue weighted by molar-refractivity contribution is 5.71. The van der Waals surface area contributed by atoms with Gasteiger partial charge in [-0.05, 0) is 89.9 Å². The molecule has 1 atom stereocenters. The van der Waals surface area contributed by atoms with Crippen LogP contribution in [0.25, 0.3) is 0 Å². The van der Waals surface area contributed by atoms with Gasteiger partial charge < -0.3 is 14.2 Å². The molecule has 0 aliphatic heterocycles. The lowest BCUT2D eigenvalue weighted by atomic mass is 10.0. The van der Waals surface area contributed by atoms with Crippen LogP contribution in [0.5, 0.6) is 0 Å². The third-order valence-electron chi connectivity index (χ3n) is 15.0. The Kier molecular flexibility index (Phi) is 63.2. The van der Waals surface area contributed by atoms with E-state index in [0.29, 0.717) is 19.3 Å². The molecule has 0 amide bonds. The van der Waals surface area contributed by atoms with E-state index in [2.05, 4.69) is 81.5 Å². The Bertz CT molecular complexity index is 1380. The number of carbonyl (C=O) groups is 3. The molecule has 77 heavy (non-hydrogen) atoms. The van der Waals surface area contributed by atoms with E-state index in [0.717, 1.165) is 83.5 Å². The third kappa shape index (κ3) is 63.8. The molecule has 0 aromatic rings. The van der Waals surface area contributed by atoms with Crippen LogP contribution in [0.4, 0.5) is 0 Å². The fraction of sp³-hybridized carbons (Fsp3) is 0.817. The average Bonchev–Trinajstić information content (AvgIpc) is 3.43. The van der Waals surface area contributed by atoms with Gasteiger partial charge in [0.2, 0.25) is 0 Å². The van der Waals surface area contributed by atoms with Gasteiger partial charge in [-0.15, -0.1) is 0 Å². The second kappa shape index (κ2) is 65.6. The molecular weight excluding hydrogens is 949 g/mol. The van der Waals surface area contributed by atoms with Crippen molar-refractivity contribution in [1.82, 2.24) is 0 Å². The van der Waals surface area contributed by atoms with Crippen molar-refractivity contribution in [2.75, 3.05) is 13.2 Å². The molecule has 6 heteroatoms. The van der Waals surface area contributed by atoms with E-state index in [9.17, 15) is 14.4 Å². The Hall–Kier alpha value is -2.89. The molecule has 0 aromatic carbocycles. The predicted octanol–water partition coefficient (Wildman–Crippen LogP) is 23.1. The summed E-state index contributed by atoms with van der Waals surface area (Å²) < 4.78 is 17.0. The summed E-state index contributed by atoms with van der Waals surface area (Å²) in [6, 6.07) is 0. The molecule has 0 aliphatic rings. The lowest BCUT2D eigenvalue weighted by Gasteiger charge is -2.18. The van der Waals surface area contributed by atoms with Crippen LogP contribution in [0.3, 0.4) is 0 Å². The molecule has 0 N–H and O–H groups in total. The SMILES string of the molecule is CCCCC/C=C\C/C=C\CCCCCCCCCC(=O)OC(COC(=O)CCCCCCCCCCCCCC/C=C\C/C=C\C/C=C\CCCCCCC)COC(=O)CCCCCCCCCCCCCCCCC. The van der Waals surface area contributed by atoms with Gasteiger partial charge in [-0.1, -0.05) is 306 Å². The summed E-state index contributed by atoms with van der Waals surface area (Å²) in [4.78, 5) is 38.4. The van der Waals surface area contributed by atoms with E-state index in [1.165, 1.54) is 231 Å². The van der Waals surface area contributed by atoms with Gasteiger partial charge in [0.1, 0.15) is 13.2 Å². The maximum atomic E-state index is 12.9. The minimum Gasteiger partial charge on any atom is -0.462 e. The van der Waals surface area contributed by atoms with Crippen molar-refractivity contribution in [3.8, 4) is 0 Å². The van der Waals surface area contributed by atoms with Gasteiger partial charge in [0.05, 0.1) is 0 Å². The Balaban J connectivity index is 4.28. The van der Waals surface area contributed by atoms with Crippen molar-refractivity contribution in [2.45, 2.75) is 361 Å². The second-order valence-electron chi connectivity index (χ2n) is 22.7. The largest absolute Gasteiger partial charge is 0.462 e. The van der Waals surface area contributed by atoms with E-state index in [-0.39, 0.29) is 31.1 Å². The molecule has 0 bridgehead atoms. The molecule has 0 fully saturated rings. The standard InChI is InChI=1S/C71H128O6/c1-4-7-10-13-16-19-22-25-28-30-31-32-33-34-35-36-37-38-39-41-43-46-49-52-55-58-61-64-70(73)76-67-68(66-75-69(72)63-60-57-54-51-48-45-42-27-24-21-18-15-12-9-6-3)77-71(74)65-62-59-56-53-50-47-44-40-29-26-23-20-17-14-11-8-5-2/h17,20,22,25-26,29-31,33-34,68H,4-16,18-19,21,23-24,27-28,32,35-67H2,1-3H3/b20-17-,25-22-,29-26-,31-30-,34-33-. The fourth-order valence-corrected chi connectivity index (χ4v) is 9.89. The number of carbonyl (C=O) groups excluding carboxylic acids is 3. The van der Waals surface area contributed by atoms with Gasteiger partial charge in [0.25, 0.3) is 0 Å². The first-order valence-electron chi connectivity index (χ1n) is 33.8. The number of hydrogen-bond donors (Lipinski definition) is 0. The summed E-state index contributed by atoms with van der Waals surface area (Å²) in [7, 11) is 0. The van der Waals surface area contributed by atoms with Crippen LogP contribution >= 0.6 is 0 Å². The van der Waals surface area contributed by atoms with Crippen LogP contribution < -0.4 is 0 Å². The maximum Gasteiger partial charge on any atom is 0.306 e. The van der Waals surface area contributed by atoms with Crippen LogP contribution in [-0.4, -0.2) is 37.2 Å². The number of rotatable bonds is 62. The zero-order valence-corrected chi connectivity index (χ0v) is 51.5. The molecule has 6 nitrogen and oxygen atoms in total. The van der Waals surface area contributed by atoms with Crippen molar-refractivity contribution >= 4 is 17.9 Å². The van der Waals surface area contributed by atoms with Crippen molar-refractivity contribution in [1.29, 1.82) is 0 Å². The summed E-state index contributed by atoms with van der Waals surface area (Å²) in [5, 5.41) is 0. The van der Waals surface area contributed by atoms with E-state index >= 15 is 0 Å². The Labute approximate surface area is 479 Å². The van der Waals surface area contributed by atoms with Crippen molar-refractivity contribution in [3.05, 3.63) is 60.8 Å². The summed E-state index contributed by atoms with van der Waals surface area (Å²) >= 11 is 0. The van der Waals surface area contributed by atoms with Gasteiger partial charge in [-0.2, -0.15) is 0 Å². The Morgan fingerprint density at radius 3 is 0.753 bits per heavy atom. The molecule has 0 rings (SSSR count). The monoisotopic (exact) mass is 1080 g/mol. The highest BCUT2D eigenvalue weighted by Crippen LogP contribution is 2.17. The Morgan fingerprint density at radius 1 is 0.260 bits per heavy atom. The zero-order chi connectivity index (χ0) is 55.7. The van der Waals surface area contributed by atoms with Gasteiger partial charge in [0, 0.05) is 19.3 Å². The first-order chi connectivity index (χ1) is 38.0. The molecule has 0 aliphatic carbocycles. The Morgan fingerprint density at radius 2 is 0.468 bits per heavy atom. The highest BCUT2D eigenvalue weighted by atomic mass is 16.6. The van der Waals surface area contributed by atoms with Crippen LogP contribution in [0.2, 0.25) is 0 Å². The average molecular weight is 1080 g/mol. The zero-order valence-electron chi connectivity index (χ0n) is 51.5. The molecule has 0 aromatic heterocycles. The van der Waals surface area contributed by atoms with Gasteiger partial charge in [-0.3, -0.25) is 14.4 Å². The van der Waals surface area contributed by atoms with Crippen LogP contribution in [0.1, 0.15) is 355 Å². The molecule has 1 unspecified atom stereocenters. The minimum atomic E-state index is -0.778. The topological polar surface area (TPSA) is 78.9 Å². The van der Waals surface area contributed by atoms with E-state index < -0.39 is 6.10 Å². The third-order valence-corrected chi connectivity index (χ3v) is 15.0. The summed E-state index contributed by atoms with van der Waals surface area (Å²) in [6.45, 7) is 6.65. The molecule has 0 heterocycles. The molecule has 0 saturated heterocycles. The van der Waals surface area contributed by atoms with Gasteiger partial charge in [-0.25, -0.2) is 0 Å². The lowest BCUT2D eigenvalue weighted by Crippen LogP contribution is -2.30. The smallest absolute Gasteiger partial charge is 0.306 e. The van der Waals surface area contributed by atoms with Crippen LogP contribution in [0, 0.1) is 0 Å². The number of hydrogen-bond acceptors (Lipinski definition) is 6. The highest BCUT2D eigenvalue weighted by Gasteiger charge is 2.19. The molecule has 0 spiro atoms. The molecule has 0 saturated carbocycles. The first kappa shape index (κ1) is 74.1. The predicted molar refractivity (Wildman–Crippen MR) is 335 cm³/mol. The first-order valence-corrected chi connectivity index (χ1v) is 33.8. The van der Waals surface area contributed by atoms with Crippen molar-refractivity contribution in [3.63, 3.8) is 0 Å². The summed E-state index contributed by atoms with van der Waals surface area (Å²) in [6.07, 6.45) is 83.7. The number of allylic oxidation sites excluding steroid dienone is 10. The quantitative estimate of drug-likeness (QED) is 0.0261. The summed E-state index contributed by atoms with van der Waals surface area (Å²) in [5.74, 6) is -0.863. The molecule has 448 valence electrons. The summed E-state index contributed by atoms with van der Waals surface area (Å²) in [5.41, 5.74) is 0. The lowest BCUT2D eigenvalue weighted by molar-refractivity contribution is -0.167. The number of unbranched alkanes of at least 4 members (excludes halogenated alkanes) is 41. The molecule has 0 radical (unpaired) electrons. The van der Waals surface area contributed by atoms with Crippen molar-refractivity contribution in [2.24, 2.45) is 0 Å².